The summed E-state index contributed by atoms with van der Waals surface area (Å²) >= 11 is 9.13. The summed E-state index contributed by atoms with van der Waals surface area (Å²) in [6, 6.07) is 12.0. The number of fused-ring (bicyclic) bond motifs is 1. The Bertz CT molecular complexity index is 834. The number of para-hydroxylation sites is 1. The largest absolute Gasteiger partial charge is 0.345 e. The number of piperazine rings is 1. The highest BCUT2D eigenvalue weighted by Gasteiger charge is 2.23. The van der Waals surface area contributed by atoms with Crippen LogP contribution in [0.3, 0.4) is 0 Å². The van der Waals surface area contributed by atoms with E-state index in [1.807, 2.05) is 35.2 Å². The van der Waals surface area contributed by atoms with Crippen molar-refractivity contribution in [2.75, 3.05) is 31.1 Å². The van der Waals surface area contributed by atoms with Crippen LogP contribution in [-0.2, 0) is 11.2 Å². The quantitative estimate of drug-likeness (QED) is 0.694. The molecular weight excluding hydrogens is 362 g/mol. The second-order valence-electron chi connectivity index (χ2n) is 5.71. The fourth-order valence-corrected chi connectivity index (χ4v) is 4.95. The molecule has 0 spiro atoms. The standard InChI is InChI=1S/C17H16ClN3OS2/c18-15-6-5-12(23-15)11-16(22)20-7-9-21(10-8-20)17-19-13-3-1-2-4-14(13)24-17/h1-6H,7-11H2. The zero-order valence-electron chi connectivity index (χ0n) is 12.9. The predicted molar refractivity (Wildman–Crippen MR) is 101 cm³/mol. The molecule has 1 aliphatic rings. The lowest BCUT2D eigenvalue weighted by Gasteiger charge is -2.34. The average Bonchev–Trinajstić information content (AvgIpc) is 3.21. The highest BCUT2D eigenvalue weighted by molar-refractivity contribution is 7.22. The lowest BCUT2D eigenvalue weighted by Crippen LogP contribution is -2.49. The summed E-state index contributed by atoms with van der Waals surface area (Å²) in [5.41, 5.74) is 1.05. The van der Waals surface area contributed by atoms with E-state index < -0.39 is 0 Å². The first-order chi connectivity index (χ1) is 11.7. The van der Waals surface area contributed by atoms with Gasteiger partial charge in [-0.25, -0.2) is 4.98 Å². The average molecular weight is 378 g/mol. The van der Waals surface area contributed by atoms with Crippen LogP contribution in [-0.4, -0.2) is 42.0 Å². The molecular formula is C17H16ClN3OS2. The molecule has 0 bridgehead atoms. The van der Waals surface area contributed by atoms with E-state index in [1.54, 1.807) is 11.3 Å². The Morgan fingerprint density at radius 3 is 2.58 bits per heavy atom. The van der Waals surface area contributed by atoms with Crippen LogP contribution in [0.5, 0.6) is 0 Å². The molecule has 4 rings (SSSR count). The molecule has 0 aliphatic carbocycles. The minimum Gasteiger partial charge on any atom is -0.345 e. The Balaban J connectivity index is 1.38. The second-order valence-corrected chi connectivity index (χ2v) is 8.52. The van der Waals surface area contributed by atoms with Gasteiger partial charge in [-0.15, -0.1) is 11.3 Å². The molecule has 4 nitrogen and oxygen atoms in total. The predicted octanol–water partition coefficient (Wildman–Crippen LogP) is 3.90. The molecule has 3 aromatic rings. The Morgan fingerprint density at radius 2 is 1.88 bits per heavy atom. The van der Waals surface area contributed by atoms with Gasteiger partial charge in [-0.2, -0.15) is 0 Å². The molecule has 7 heteroatoms. The van der Waals surface area contributed by atoms with Gasteiger partial charge in [0.25, 0.3) is 0 Å². The molecule has 1 saturated heterocycles. The Hall–Kier alpha value is -1.63. The van der Waals surface area contributed by atoms with Gasteiger partial charge in [-0.05, 0) is 24.3 Å². The number of aromatic nitrogens is 1. The number of halogens is 1. The van der Waals surface area contributed by atoms with E-state index in [0.29, 0.717) is 6.42 Å². The van der Waals surface area contributed by atoms with Crippen LogP contribution in [0, 0.1) is 0 Å². The van der Waals surface area contributed by atoms with E-state index in [4.69, 9.17) is 16.6 Å². The van der Waals surface area contributed by atoms with Crippen LogP contribution in [0.4, 0.5) is 5.13 Å². The molecule has 1 aliphatic heterocycles. The van der Waals surface area contributed by atoms with Crippen LogP contribution in [0.1, 0.15) is 4.88 Å². The zero-order valence-corrected chi connectivity index (χ0v) is 15.3. The summed E-state index contributed by atoms with van der Waals surface area (Å²) in [6.07, 6.45) is 0.443. The van der Waals surface area contributed by atoms with E-state index in [2.05, 4.69) is 11.0 Å². The normalized spacial score (nSPS) is 15.2. The summed E-state index contributed by atoms with van der Waals surface area (Å²) in [5.74, 6) is 0.178. The first kappa shape index (κ1) is 15.9. The number of hydrogen-bond donors (Lipinski definition) is 0. The van der Waals surface area contributed by atoms with Crippen molar-refractivity contribution >= 4 is 55.5 Å². The van der Waals surface area contributed by atoms with Crippen LogP contribution < -0.4 is 4.90 Å². The van der Waals surface area contributed by atoms with Crippen LogP contribution >= 0.6 is 34.3 Å². The number of thiophene rings is 1. The van der Waals surface area contributed by atoms with Gasteiger partial charge in [0.2, 0.25) is 5.91 Å². The maximum Gasteiger partial charge on any atom is 0.227 e. The number of carbonyl (C=O) groups is 1. The number of amides is 1. The van der Waals surface area contributed by atoms with Crippen molar-refractivity contribution < 1.29 is 4.79 Å². The van der Waals surface area contributed by atoms with Gasteiger partial charge in [0, 0.05) is 31.1 Å². The Labute approximate surface area is 153 Å². The number of hydrogen-bond acceptors (Lipinski definition) is 5. The third kappa shape index (κ3) is 3.27. The van der Waals surface area contributed by atoms with Crippen LogP contribution in [0.15, 0.2) is 36.4 Å². The monoisotopic (exact) mass is 377 g/mol. The molecule has 124 valence electrons. The molecule has 0 unspecified atom stereocenters. The molecule has 0 radical (unpaired) electrons. The highest BCUT2D eigenvalue weighted by Crippen LogP contribution is 2.29. The Morgan fingerprint density at radius 1 is 1.08 bits per heavy atom. The van der Waals surface area contributed by atoms with Crippen molar-refractivity contribution in [1.29, 1.82) is 0 Å². The number of carbonyl (C=O) groups excluding carboxylic acids is 1. The third-order valence-corrected chi connectivity index (χ3v) is 6.47. The van der Waals surface area contributed by atoms with Crippen molar-refractivity contribution in [2.45, 2.75) is 6.42 Å². The number of anilines is 1. The number of thiazole rings is 1. The van der Waals surface area contributed by atoms with Gasteiger partial charge in [-0.3, -0.25) is 4.79 Å². The SMILES string of the molecule is O=C(Cc1ccc(Cl)s1)N1CCN(c2nc3ccccc3s2)CC1. The van der Waals surface area contributed by atoms with Crippen molar-refractivity contribution in [3.63, 3.8) is 0 Å². The molecule has 2 aromatic heterocycles. The lowest BCUT2D eigenvalue weighted by atomic mass is 10.2. The first-order valence-corrected chi connectivity index (χ1v) is 9.83. The fraction of sp³-hybridized carbons (Fsp3) is 0.294. The number of benzene rings is 1. The molecule has 1 amide bonds. The van der Waals surface area contributed by atoms with Crippen molar-refractivity contribution in [3.05, 3.63) is 45.6 Å². The molecule has 0 N–H and O–H groups in total. The number of nitrogens with zero attached hydrogens (tertiary/aromatic N) is 3. The highest BCUT2D eigenvalue weighted by atomic mass is 35.5. The minimum atomic E-state index is 0.178. The smallest absolute Gasteiger partial charge is 0.227 e. The topological polar surface area (TPSA) is 36.4 Å². The summed E-state index contributed by atoms with van der Waals surface area (Å²) in [4.78, 5) is 22.4. The van der Waals surface area contributed by atoms with E-state index in [1.165, 1.54) is 16.0 Å². The molecule has 24 heavy (non-hydrogen) atoms. The molecule has 1 fully saturated rings. The van der Waals surface area contributed by atoms with Gasteiger partial charge in [0.05, 0.1) is 21.0 Å². The number of rotatable bonds is 3. The molecule has 0 saturated carbocycles. The van der Waals surface area contributed by atoms with Crippen LogP contribution in [0.25, 0.3) is 10.2 Å². The van der Waals surface area contributed by atoms with E-state index in [0.717, 1.165) is 46.0 Å². The van der Waals surface area contributed by atoms with Gasteiger partial charge in [0.1, 0.15) is 0 Å². The second kappa shape index (κ2) is 6.70. The van der Waals surface area contributed by atoms with Crippen molar-refractivity contribution in [2.24, 2.45) is 0 Å². The Kier molecular flexibility index (Phi) is 4.43. The van der Waals surface area contributed by atoms with Gasteiger partial charge >= 0.3 is 0 Å². The summed E-state index contributed by atoms with van der Waals surface area (Å²) in [5, 5.41) is 1.05. The van der Waals surface area contributed by atoms with E-state index in [-0.39, 0.29) is 5.91 Å². The van der Waals surface area contributed by atoms with Gasteiger partial charge < -0.3 is 9.80 Å². The third-order valence-electron chi connectivity index (χ3n) is 4.14. The van der Waals surface area contributed by atoms with E-state index >= 15 is 0 Å². The summed E-state index contributed by atoms with van der Waals surface area (Å²) < 4.78 is 1.94. The van der Waals surface area contributed by atoms with E-state index in [9.17, 15) is 4.79 Å². The maximum atomic E-state index is 12.4. The van der Waals surface area contributed by atoms with Gasteiger partial charge in [0.15, 0.2) is 5.13 Å². The summed E-state index contributed by atoms with van der Waals surface area (Å²) in [7, 11) is 0. The maximum absolute atomic E-state index is 12.4. The van der Waals surface area contributed by atoms with Gasteiger partial charge in [-0.1, -0.05) is 35.1 Å². The minimum absolute atomic E-state index is 0.178. The molecule has 0 atom stereocenters. The summed E-state index contributed by atoms with van der Waals surface area (Å²) in [6.45, 7) is 3.15. The molecule has 1 aromatic carbocycles. The lowest BCUT2D eigenvalue weighted by molar-refractivity contribution is -0.130. The van der Waals surface area contributed by atoms with Crippen LogP contribution in [0.2, 0.25) is 4.34 Å². The first-order valence-electron chi connectivity index (χ1n) is 7.81. The van der Waals surface area contributed by atoms with Crippen molar-refractivity contribution in [3.8, 4) is 0 Å². The molecule has 3 heterocycles. The zero-order chi connectivity index (χ0) is 16.5. The fourth-order valence-electron chi connectivity index (χ4n) is 2.85. The van der Waals surface area contributed by atoms with Crippen molar-refractivity contribution in [1.82, 2.24) is 9.88 Å².